The van der Waals surface area contributed by atoms with E-state index < -0.39 is 18.8 Å². The fourth-order valence-corrected chi connectivity index (χ4v) is 1.26. The first-order chi connectivity index (χ1) is 7.35. The molecule has 0 unspecified atom stereocenters. The largest absolute Gasteiger partial charge is 0.573 e. The van der Waals surface area contributed by atoms with Gasteiger partial charge in [0.2, 0.25) is 0 Å². The summed E-state index contributed by atoms with van der Waals surface area (Å²) in [7, 11) is 3.11. The Morgan fingerprint density at radius 2 is 1.88 bits per heavy atom. The molecule has 0 heterocycles. The van der Waals surface area contributed by atoms with Crippen LogP contribution in [0, 0.1) is 0 Å². The van der Waals surface area contributed by atoms with Crippen molar-refractivity contribution < 1.29 is 22.3 Å². The van der Waals surface area contributed by atoms with Crippen LogP contribution in [0.15, 0.2) is 18.2 Å². The van der Waals surface area contributed by atoms with Gasteiger partial charge in [-0.3, -0.25) is 0 Å². The van der Waals surface area contributed by atoms with E-state index >= 15 is 0 Å². The lowest BCUT2D eigenvalue weighted by molar-refractivity contribution is -0.274. The van der Waals surface area contributed by atoms with Crippen molar-refractivity contribution in [2.75, 3.05) is 19.0 Å². The van der Waals surface area contributed by atoms with Gasteiger partial charge in [-0.25, -0.2) is 4.39 Å². The molecule has 16 heavy (non-hydrogen) atoms. The molecule has 2 nitrogen and oxygen atoms in total. The minimum absolute atomic E-state index is 0.122. The molecule has 1 aromatic rings. The summed E-state index contributed by atoms with van der Waals surface area (Å²) >= 11 is 0. The molecule has 0 radical (unpaired) electrons. The van der Waals surface area contributed by atoms with Gasteiger partial charge in [-0.15, -0.1) is 13.2 Å². The van der Waals surface area contributed by atoms with E-state index in [0.29, 0.717) is 0 Å². The predicted octanol–water partition coefficient (Wildman–Crippen LogP) is 3.12. The summed E-state index contributed by atoms with van der Waals surface area (Å²) in [6, 6.07) is 4.17. The van der Waals surface area contributed by atoms with Gasteiger partial charge in [0.05, 0.1) is 5.69 Å². The van der Waals surface area contributed by atoms with Crippen molar-refractivity contribution in [1.82, 2.24) is 0 Å². The van der Waals surface area contributed by atoms with E-state index in [-0.39, 0.29) is 11.3 Å². The molecular formula is C10H11F4NO. The van der Waals surface area contributed by atoms with Gasteiger partial charge in [0, 0.05) is 19.7 Å². The number of rotatable bonds is 3. The molecule has 0 bridgehead atoms. The van der Waals surface area contributed by atoms with Crippen LogP contribution in [0.3, 0.4) is 0 Å². The molecule has 0 saturated carbocycles. The maximum absolute atomic E-state index is 12.5. The molecule has 0 aliphatic carbocycles. The average Bonchev–Trinajstić information content (AvgIpc) is 2.15. The minimum atomic E-state index is -4.82. The highest BCUT2D eigenvalue weighted by atomic mass is 19.4. The third-order valence-corrected chi connectivity index (χ3v) is 1.92. The van der Waals surface area contributed by atoms with E-state index in [1.165, 1.54) is 23.1 Å². The molecule has 90 valence electrons. The van der Waals surface area contributed by atoms with Gasteiger partial charge in [-0.05, 0) is 6.07 Å². The molecule has 0 aliphatic rings. The fourth-order valence-electron chi connectivity index (χ4n) is 1.26. The number of alkyl halides is 4. The SMILES string of the molecule is CN(C)c1cccc(CF)c1OC(F)(F)F. The van der Waals surface area contributed by atoms with Crippen LogP contribution >= 0.6 is 0 Å². The van der Waals surface area contributed by atoms with Crippen LogP contribution in [0.1, 0.15) is 5.56 Å². The lowest BCUT2D eigenvalue weighted by Crippen LogP contribution is -2.21. The monoisotopic (exact) mass is 237 g/mol. The number of para-hydroxylation sites is 1. The Morgan fingerprint density at radius 3 is 2.31 bits per heavy atom. The van der Waals surface area contributed by atoms with Crippen LogP contribution in [0.5, 0.6) is 5.75 Å². The molecule has 0 saturated heterocycles. The second-order valence-electron chi connectivity index (χ2n) is 3.34. The Kier molecular flexibility index (Phi) is 3.62. The second kappa shape index (κ2) is 4.59. The minimum Gasteiger partial charge on any atom is -0.403 e. The predicted molar refractivity (Wildman–Crippen MR) is 52.3 cm³/mol. The van der Waals surface area contributed by atoms with Crippen LogP contribution in [0.25, 0.3) is 0 Å². The lowest BCUT2D eigenvalue weighted by atomic mass is 10.2. The molecule has 0 N–H and O–H groups in total. The average molecular weight is 237 g/mol. The van der Waals surface area contributed by atoms with E-state index in [1.54, 1.807) is 14.1 Å². The van der Waals surface area contributed by atoms with Crippen molar-refractivity contribution in [3.63, 3.8) is 0 Å². The Bertz CT molecular complexity index is 362. The molecule has 1 rings (SSSR count). The van der Waals surface area contributed by atoms with Crippen molar-refractivity contribution in [2.24, 2.45) is 0 Å². The number of nitrogens with zero attached hydrogens (tertiary/aromatic N) is 1. The Labute approximate surface area is 90.4 Å². The Morgan fingerprint density at radius 1 is 1.25 bits per heavy atom. The van der Waals surface area contributed by atoms with Crippen molar-refractivity contribution in [3.8, 4) is 5.75 Å². The van der Waals surface area contributed by atoms with E-state index in [0.717, 1.165) is 0 Å². The van der Waals surface area contributed by atoms with Crippen LogP contribution in [-0.2, 0) is 6.67 Å². The summed E-state index contributed by atoms with van der Waals surface area (Å²) in [6.07, 6.45) is -4.82. The zero-order valence-electron chi connectivity index (χ0n) is 8.81. The van der Waals surface area contributed by atoms with Gasteiger partial charge in [-0.2, -0.15) is 0 Å². The molecule has 0 aromatic heterocycles. The number of ether oxygens (including phenoxy) is 1. The summed E-state index contributed by atoms with van der Waals surface area (Å²) in [6.45, 7) is -1.01. The normalized spacial score (nSPS) is 11.4. The quantitative estimate of drug-likeness (QED) is 0.749. The zero-order chi connectivity index (χ0) is 12.3. The first kappa shape index (κ1) is 12.6. The van der Waals surface area contributed by atoms with Gasteiger partial charge in [0.25, 0.3) is 0 Å². The molecule has 0 atom stereocenters. The smallest absolute Gasteiger partial charge is 0.403 e. The van der Waals surface area contributed by atoms with E-state index in [2.05, 4.69) is 4.74 Å². The van der Waals surface area contributed by atoms with Crippen LogP contribution in [0.4, 0.5) is 23.2 Å². The molecule has 6 heteroatoms. The molecular weight excluding hydrogens is 226 g/mol. The van der Waals surface area contributed by atoms with Crippen LogP contribution < -0.4 is 9.64 Å². The molecule has 1 aromatic carbocycles. The maximum atomic E-state index is 12.5. The second-order valence-corrected chi connectivity index (χ2v) is 3.34. The lowest BCUT2D eigenvalue weighted by Gasteiger charge is -2.20. The Balaban J connectivity index is 3.20. The van der Waals surface area contributed by atoms with Gasteiger partial charge in [0.1, 0.15) is 6.67 Å². The van der Waals surface area contributed by atoms with Gasteiger partial charge >= 0.3 is 6.36 Å². The van der Waals surface area contributed by atoms with Crippen molar-refractivity contribution >= 4 is 5.69 Å². The number of benzene rings is 1. The van der Waals surface area contributed by atoms with Crippen LogP contribution in [0.2, 0.25) is 0 Å². The summed E-state index contributed by atoms with van der Waals surface area (Å²) < 4.78 is 52.8. The number of hydrogen-bond donors (Lipinski definition) is 0. The zero-order valence-corrected chi connectivity index (χ0v) is 8.81. The van der Waals surface area contributed by atoms with Gasteiger partial charge < -0.3 is 9.64 Å². The van der Waals surface area contributed by atoms with E-state index in [1.807, 2.05) is 0 Å². The number of halogens is 4. The highest BCUT2D eigenvalue weighted by Crippen LogP contribution is 2.35. The molecule has 0 amide bonds. The highest BCUT2D eigenvalue weighted by Gasteiger charge is 2.33. The molecule has 0 fully saturated rings. The number of anilines is 1. The summed E-state index contributed by atoms with van der Waals surface area (Å²) in [5.74, 6) is -0.484. The summed E-state index contributed by atoms with van der Waals surface area (Å²) in [5, 5.41) is 0. The van der Waals surface area contributed by atoms with Gasteiger partial charge in [0.15, 0.2) is 5.75 Å². The highest BCUT2D eigenvalue weighted by molar-refractivity contribution is 5.61. The van der Waals surface area contributed by atoms with E-state index in [4.69, 9.17) is 0 Å². The van der Waals surface area contributed by atoms with Gasteiger partial charge in [-0.1, -0.05) is 12.1 Å². The first-order valence-corrected chi connectivity index (χ1v) is 4.46. The van der Waals surface area contributed by atoms with Crippen molar-refractivity contribution in [1.29, 1.82) is 0 Å². The third-order valence-electron chi connectivity index (χ3n) is 1.92. The Hall–Kier alpha value is -1.46. The van der Waals surface area contributed by atoms with Crippen molar-refractivity contribution in [3.05, 3.63) is 23.8 Å². The summed E-state index contributed by atoms with van der Waals surface area (Å²) in [4.78, 5) is 1.43. The standard InChI is InChI=1S/C10H11F4NO/c1-15(2)8-5-3-4-7(6-11)9(8)16-10(12,13)14/h3-5H,6H2,1-2H3. The third kappa shape index (κ3) is 3.01. The molecule has 0 aliphatic heterocycles. The van der Waals surface area contributed by atoms with Crippen molar-refractivity contribution in [2.45, 2.75) is 13.0 Å². The first-order valence-electron chi connectivity index (χ1n) is 4.46. The summed E-state index contributed by atoms with van der Waals surface area (Å²) in [5.41, 5.74) is 0.0657. The molecule has 0 spiro atoms. The van der Waals surface area contributed by atoms with Crippen LogP contribution in [-0.4, -0.2) is 20.5 Å². The maximum Gasteiger partial charge on any atom is 0.573 e. The number of hydrogen-bond acceptors (Lipinski definition) is 2. The fraction of sp³-hybridized carbons (Fsp3) is 0.400. The van der Waals surface area contributed by atoms with E-state index in [9.17, 15) is 17.6 Å². The topological polar surface area (TPSA) is 12.5 Å².